The second-order valence-electron chi connectivity index (χ2n) is 6.80. The van der Waals surface area contributed by atoms with Gasteiger partial charge in [-0.2, -0.15) is 0 Å². The Morgan fingerprint density at radius 1 is 1.07 bits per heavy atom. The molecule has 2 heterocycles. The lowest BCUT2D eigenvalue weighted by molar-refractivity contribution is -0.132. The molecule has 0 unspecified atom stereocenters. The number of ether oxygens (including phenoxy) is 1. The third-order valence-electron chi connectivity index (χ3n) is 5.06. The van der Waals surface area contributed by atoms with Crippen LogP contribution in [0.1, 0.15) is 12.0 Å². The molecule has 1 fully saturated rings. The van der Waals surface area contributed by atoms with E-state index < -0.39 is 38.9 Å². The number of hydrogen-bond acceptors (Lipinski definition) is 5. The van der Waals surface area contributed by atoms with Crippen LogP contribution in [0.5, 0.6) is 5.75 Å². The topological polar surface area (TPSA) is 92.8 Å². The van der Waals surface area contributed by atoms with Gasteiger partial charge in [-0.05, 0) is 48.9 Å². The summed E-state index contributed by atoms with van der Waals surface area (Å²) in [5.74, 6) is -1.78. The molecule has 1 atom stereocenters. The first-order chi connectivity index (χ1) is 13.7. The maximum atomic E-state index is 13.8. The second-order valence-corrected chi connectivity index (χ2v) is 8.88. The number of nitrogens with zero attached hydrogens (tertiary/aromatic N) is 1. The van der Waals surface area contributed by atoms with E-state index in [1.54, 1.807) is 0 Å². The fourth-order valence-electron chi connectivity index (χ4n) is 3.61. The van der Waals surface area contributed by atoms with E-state index in [1.807, 2.05) is 0 Å². The summed E-state index contributed by atoms with van der Waals surface area (Å²) in [4.78, 5) is 26.3. The van der Waals surface area contributed by atoms with Gasteiger partial charge < -0.3 is 10.1 Å². The molecule has 1 spiro atoms. The maximum Gasteiger partial charge on any atom is 0.325 e. The number of carbonyl (C=O) groups excluding carboxylic acids is 2. The van der Waals surface area contributed by atoms with Crippen molar-refractivity contribution >= 4 is 21.8 Å². The van der Waals surface area contributed by atoms with Crippen LogP contribution in [0.4, 0.5) is 13.6 Å². The van der Waals surface area contributed by atoms with Crippen LogP contribution >= 0.6 is 0 Å². The monoisotopic (exact) mass is 422 g/mol. The van der Waals surface area contributed by atoms with E-state index in [4.69, 9.17) is 4.74 Å². The van der Waals surface area contributed by atoms with Gasteiger partial charge in [-0.1, -0.05) is 0 Å². The highest BCUT2D eigenvalue weighted by molar-refractivity contribution is 7.91. The van der Waals surface area contributed by atoms with Gasteiger partial charge in [0, 0.05) is 5.56 Å². The van der Waals surface area contributed by atoms with Gasteiger partial charge in [-0.3, -0.25) is 9.69 Å². The lowest BCUT2D eigenvalue weighted by Gasteiger charge is -2.33. The van der Waals surface area contributed by atoms with Gasteiger partial charge in [0.1, 0.15) is 29.5 Å². The number of fused-ring (bicyclic) bond motifs is 2. The van der Waals surface area contributed by atoms with Crippen LogP contribution in [0, 0.1) is 11.6 Å². The first kappa shape index (κ1) is 19.3. The number of benzene rings is 2. The molecule has 0 bridgehead atoms. The fraction of sp³-hybridized carbons (Fsp3) is 0.263. The van der Waals surface area contributed by atoms with Crippen LogP contribution in [0.25, 0.3) is 0 Å². The van der Waals surface area contributed by atoms with Crippen molar-refractivity contribution in [3.05, 3.63) is 59.7 Å². The zero-order valence-electron chi connectivity index (χ0n) is 15.0. The fourth-order valence-corrected chi connectivity index (χ4v) is 5.24. The van der Waals surface area contributed by atoms with Crippen molar-refractivity contribution in [3.63, 3.8) is 0 Å². The third-order valence-corrected chi connectivity index (χ3v) is 6.82. The summed E-state index contributed by atoms with van der Waals surface area (Å²) in [5, 5.41) is 2.55. The van der Waals surface area contributed by atoms with E-state index >= 15 is 0 Å². The molecule has 1 saturated heterocycles. The van der Waals surface area contributed by atoms with E-state index in [0.29, 0.717) is 5.75 Å². The second kappa shape index (κ2) is 6.80. The highest BCUT2D eigenvalue weighted by Gasteiger charge is 2.56. The molecule has 29 heavy (non-hydrogen) atoms. The van der Waals surface area contributed by atoms with E-state index in [-0.39, 0.29) is 35.8 Å². The van der Waals surface area contributed by atoms with Gasteiger partial charge in [0.15, 0.2) is 9.84 Å². The lowest BCUT2D eigenvalue weighted by atomic mass is 9.86. The average molecular weight is 422 g/mol. The highest BCUT2D eigenvalue weighted by atomic mass is 32.2. The van der Waals surface area contributed by atoms with Crippen LogP contribution in [-0.2, 0) is 20.2 Å². The molecule has 2 aromatic carbocycles. The Morgan fingerprint density at radius 2 is 1.76 bits per heavy atom. The molecule has 1 N–H and O–H groups in total. The predicted molar refractivity (Wildman–Crippen MR) is 96.9 cm³/mol. The number of hydrogen-bond donors (Lipinski definition) is 1. The lowest BCUT2D eigenvalue weighted by Crippen LogP contribution is -2.49. The molecule has 152 valence electrons. The standard InChI is InChI=1S/C19H16F2N2O5S/c20-12-1-4-14(5-2-12)28-9-8-23-17(24)19(22-18(23)25)7-10-29(26,27)16-6-3-13(21)11-15(16)19/h1-6,11H,7-10H2,(H,22,25)/t19-/m1/s1. The zero-order valence-corrected chi connectivity index (χ0v) is 15.8. The average Bonchev–Trinajstić information content (AvgIpc) is 2.92. The normalized spacial score (nSPS) is 22.5. The van der Waals surface area contributed by atoms with Crippen molar-refractivity contribution in [2.24, 2.45) is 0 Å². The summed E-state index contributed by atoms with van der Waals surface area (Å²) in [6, 6.07) is 7.63. The molecule has 3 amide bonds. The Labute approximate surface area is 165 Å². The first-order valence-electron chi connectivity index (χ1n) is 8.78. The number of rotatable bonds is 4. The Kier molecular flexibility index (Phi) is 4.53. The quantitative estimate of drug-likeness (QED) is 0.601. The van der Waals surface area contributed by atoms with E-state index in [2.05, 4.69) is 5.32 Å². The summed E-state index contributed by atoms with van der Waals surface area (Å²) in [5.41, 5.74) is -1.69. The Morgan fingerprint density at radius 3 is 2.48 bits per heavy atom. The minimum atomic E-state index is -3.68. The van der Waals surface area contributed by atoms with Crippen molar-refractivity contribution in [1.29, 1.82) is 0 Å². The van der Waals surface area contributed by atoms with Crippen molar-refractivity contribution < 1.29 is 31.5 Å². The van der Waals surface area contributed by atoms with Gasteiger partial charge in [0.05, 0.1) is 17.2 Å². The third kappa shape index (κ3) is 3.23. The van der Waals surface area contributed by atoms with Crippen molar-refractivity contribution in [1.82, 2.24) is 10.2 Å². The van der Waals surface area contributed by atoms with Gasteiger partial charge in [-0.15, -0.1) is 0 Å². The molecule has 7 nitrogen and oxygen atoms in total. The molecular formula is C19H16F2N2O5S. The highest BCUT2D eigenvalue weighted by Crippen LogP contribution is 2.41. The molecule has 2 aliphatic rings. The van der Waals surface area contributed by atoms with E-state index in [9.17, 15) is 26.8 Å². The number of halogens is 2. The van der Waals surface area contributed by atoms with Crippen LogP contribution in [0.15, 0.2) is 47.4 Å². The maximum absolute atomic E-state index is 13.8. The number of sulfone groups is 1. The van der Waals surface area contributed by atoms with Crippen molar-refractivity contribution in [2.75, 3.05) is 18.9 Å². The molecule has 0 radical (unpaired) electrons. The largest absolute Gasteiger partial charge is 0.492 e. The van der Waals surface area contributed by atoms with Gasteiger partial charge in [0.2, 0.25) is 0 Å². The minimum Gasteiger partial charge on any atom is -0.492 e. The molecular weight excluding hydrogens is 406 g/mol. The van der Waals surface area contributed by atoms with Crippen LogP contribution in [0.2, 0.25) is 0 Å². The van der Waals surface area contributed by atoms with Gasteiger partial charge >= 0.3 is 6.03 Å². The number of urea groups is 1. The Bertz CT molecular complexity index is 1100. The summed E-state index contributed by atoms with van der Waals surface area (Å²) in [6.45, 7) is -0.156. The Hall–Kier alpha value is -3.01. The predicted octanol–water partition coefficient (Wildman–Crippen LogP) is 1.97. The van der Waals surface area contributed by atoms with Crippen molar-refractivity contribution in [3.8, 4) is 5.75 Å². The molecule has 4 rings (SSSR count). The summed E-state index contributed by atoms with van der Waals surface area (Å²) < 4.78 is 56.9. The first-order valence-corrected chi connectivity index (χ1v) is 10.4. The molecule has 0 aliphatic carbocycles. The van der Waals surface area contributed by atoms with Gasteiger partial charge in [0.25, 0.3) is 5.91 Å². The number of carbonyl (C=O) groups is 2. The summed E-state index contributed by atoms with van der Waals surface area (Å²) in [6.07, 6.45) is -0.189. The molecule has 2 aromatic rings. The molecule has 2 aliphatic heterocycles. The molecule has 10 heteroatoms. The summed E-state index contributed by atoms with van der Waals surface area (Å²) >= 11 is 0. The van der Waals surface area contributed by atoms with Crippen molar-refractivity contribution in [2.45, 2.75) is 16.9 Å². The van der Waals surface area contributed by atoms with Crippen LogP contribution in [0.3, 0.4) is 0 Å². The molecule has 0 saturated carbocycles. The summed E-state index contributed by atoms with van der Waals surface area (Å²) in [7, 11) is -3.68. The van der Waals surface area contributed by atoms with E-state index in [1.165, 1.54) is 24.3 Å². The number of imide groups is 1. The smallest absolute Gasteiger partial charge is 0.325 e. The van der Waals surface area contributed by atoms with E-state index in [0.717, 1.165) is 23.1 Å². The van der Waals surface area contributed by atoms with Gasteiger partial charge in [-0.25, -0.2) is 22.0 Å². The minimum absolute atomic E-state index is 0.0464. The SMILES string of the molecule is O=C1N[C@@]2(CCS(=O)(=O)c3ccc(F)cc32)C(=O)N1CCOc1ccc(F)cc1. The molecule has 0 aromatic heterocycles. The zero-order chi connectivity index (χ0) is 20.8. The Balaban J connectivity index is 1.58. The van der Waals surface area contributed by atoms with Crippen LogP contribution in [-0.4, -0.2) is 44.2 Å². The number of amides is 3. The van der Waals surface area contributed by atoms with Crippen LogP contribution < -0.4 is 10.1 Å². The number of nitrogens with one attached hydrogen (secondary N) is 1.